The second-order valence-electron chi connectivity index (χ2n) is 5.32. The van der Waals surface area contributed by atoms with Crippen LogP contribution in [0.2, 0.25) is 10.0 Å². The molecule has 0 saturated heterocycles. The molecular formula is C18H19Cl2NO2S. The number of halogens is 2. The minimum Gasteiger partial charge on any atom is -0.312 e. The lowest BCUT2D eigenvalue weighted by Gasteiger charge is -2.24. The molecule has 24 heavy (non-hydrogen) atoms. The molecule has 6 heteroatoms. The van der Waals surface area contributed by atoms with Gasteiger partial charge in [0.25, 0.3) is 0 Å². The summed E-state index contributed by atoms with van der Waals surface area (Å²) in [5, 5.41) is 0.364. The van der Waals surface area contributed by atoms with E-state index in [1.807, 2.05) is 37.3 Å². The van der Waals surface area contributed by atoms with Crippen LogP contribution >= 0.6 is 23.2 Å². The number of anilines is 1. The molecule has 2 aromatic carbocycles. The van der Waals surface area contributed by atoms with Crippen LogP contribution in [0.15, 0.2) is 48.5 Å². The summed E-state index contributed by atoms with van der Waals surface area (Å²) < 4.78 is 12.6. The van der Waals surface area contributed by atoms with Crippen molar-refractivity contribution in [3.05, 3.63) is 64.1 Å². The molecule has 1 amide bonds. The molecule has 0 fully saturated rings. The van der Waals surface area contributed by atoms with Gasteiger partial charge in [-0.05, 0) is 43.7 Å². The lowest BCUT2D eigenvalue weighted by atomic mass is 10.2. The van der Waals surface area contributed by atoms with Crippen LogP contribution in [0, 0.1) is 0 Å². The van der Waals surface area contributed by atoms with Crippen molar-refractivity contribution < 1.29 is 9.00 Å². The van der Waals surface area contributed by atoms with Crippen molar-refractivity contribution in [2.75, 3.05) is 11.4 Å². The maximum Gasteiger partial charge on any atom is 0.242 e. The van der Waals surface area contributed by atoms with Gasteiger partial charge in [-0.15, -0.1) is 0 Å². The average Bonchev–Trinajstić information content (AvgIpc) is 2.58. The molecule has 0 heterocycles. The lowest BCUT2D eigenvalue weighted by molar-refractivity contribution is -0.117. The van der Waals surface area contributed by atoms with Gasteiger partial charge in [-0.3, -0.25) is 9.00 Å². The van der Waals surface area contributed by atoms with Crippen molar-refractivity contribution >= 4 is 45.6 Å². The Labute approximate surface area is 155 Å². The summed E-state index contributed by atoms with van der Waals surface area (Å²) in [6.07, 6.45) is 0. The van der Waals surface area contributed by atoms with Crippen LogP contribution in [-0.4, -0.2) is 21.9 Å². The molecule has 128 valence electrons. The maximum atomic E-state index is 12.7. The lowest BCUT2D eigenvalue weighted by Crippen LogP contribution is -2.40. The van der Waals surface area contributed by atoms with Crippen LogP contribution in [0.4, 0.5) is 5.69 Å². The third-order valence-corrected chi connectivity index (χ3v) is 5.88. The maximum absolute atomic E-state index is 12.7. The summed E-state index contributed by atoms with van der Waals surface area (Å²) in [7, 11) is -1.38. The predicted octanol–water partition coefficient (Wildman–Crippen LogP) is 4.68. The van der Waals surface area contributed by atoms with Gasteiger partial charge in [0.05, 0.1) is 5.75 Å². The number of nitrogens with zero attached hydrogens (tertiary/aromatic N) is 1. The number of amides is 1. The normalized spacial score (nSPS) is 13.3. The fraction of sp³-hybridized carbons (Fsp3) is 0.278. The highest BCUT2D eigenvalue weighted by Gasteiger charge is 2.26. The van der Waals surface area contributed by atoms with Gasteiger partial charge in [-0.25, -0.2) is 0 Å². The fourth-order valence-electron chi connectivity index (χ4n) is 2.32. The third kappa shape index (κ3) is 4.59. The van der Waals surface area contributed by atoms with Crippen molar-refractivity contribution in [1.82, 2.24) is 0 Å². The van der Waals surface area contributed by atoms with Crippen molar-refractivity contribution in [2.45, 2.75) is 24.9 Å². The number of hydrogen-bond acceptors (Lipinski definition) is 2. The van der Waals surface area contributed by atoms with E-state index in [0.29, 0.717) is 16.6 Å². The first-order chi connectivity index (χ1) is 11.4. The molecule has 0 spiro atoms. The minimum absolute atomic E-state index is 0.160. The molecule has 0 aromatic heterocycles. The molecule has 3 nitrogen and oxygen atoms in total. The van der Waals surface area contributed by atoms with Crippen molar-refractivity contribution in [2.24, 2.45) is 0 Å². The van der Waals surface area contributed by atoms with E-state index in [9.17, 15) is 9.00 Å². The average molecular weight is 384 g/mol. The van der Waals surface area contributed by atoms with Gasteiger partial charge in [0, 0.05) is 33.1 Å². The molecule has 2 rings (SSSR count). The van der Waals surface area contributed by atoms with Gasteiger partial charge in [-0.1, -0.05) is 47.5 Å². The molecule has 0 aliphatic carbocycles. The summed E-state index contributed by atoms with van der Waals surface area (Å²) in [6, 6.07) is 14.4. The van der Waals surface area contributed by atoms with Crippen LogP contribution in [0.3, 0.4) is 0 Å². The Kier molecular flexibility index (Phi) is 6.84. The fourth-order valence-corrected chi connectivity index (χ4v) is 4.04. The van der Waals surface area contributed by atoms with Gasteiger partial charge in [0.2, 0.25) is 5.91 Å². The van der Waals surface area contributed by atoms with Crippen LogP contribution in [0.25, 0.3) is 0 Å². The van der Waals surface area contributed by atoms with Gasteiger partial charge < -0.3 is 4.90 Å². The Hall–Kier alpha value is -1.36. The minimum atomic E-state index is -1.38. The molecule has 0 aliphatic rings. The van der Waals surface area contributed by atoms with Crippen LogP contribution in [0.5, 0.6) is 0 Å². The number of para-hydroxylation sites is 1. The predicted molar refractivity (Wildman–Crippen MR) is 102 cm³/mol. The third-order valence-electron chi connectivity index (χ3n) is 3.71. The molecule has 0 N–H and O–H groups in total. The molecule has 0 radical (unpaired) electrons. The Balaban J connectivity index is 2.12. The molecule has 0 aliphatic heterocycles. The van der Waals surface area contributed by atoms with E-state index < -0.39 is 16.0 Å². The van der Waals surface area contributed by atoms with E-state index in [1.54, 1.807) is 30.0 Å². The standard InChI is InChI=1S/C18H19Cl2NO2S/c1-3-21(16-7-5-4-6-8-16)18(22)13(2)24(23)12-14-9-10-15(19)11-17(14)20/h4-11,13H,3,12H2,1-2H3/t13-,24-/m0/s1. The van der Waals surface area contributed by atoms with E-state index in [4.69, 9.17) is 23.2 Å². The van der Waals surface area contributed by atoms with Crippen LogP contribution in [-0.2, 0) is 21.3 Å². The second kappa shape index (κ2) is 8.65. The number of carbonyl (C=O) groups is 1. The quantitative estimate of drug-likeness (QED) is 0.725. The number of hydrogen-bond donors (Lipinski definition) is 0. The number of rotatable bonds is 6. The smallest absolute Gasteiger partial charge is 0.242 e. The zero-order valence-corrected chi connectivity index (χ0v) is 15.9. The number of carbonyl (C=O) groups excluding carboxylic acids is 1. The second-order valence-corrected chi connectivity index (χ2v) is 7.92. The summed E-state index contributed by atoms with van der Waals surface area (Å²) in [4.78, 5) is 14.4. The monoisotopic (exact) mass is 383 g/mol. The highest BCUT2D eigenvalue weighted by molar-refractivity contribution is 7.85. The summed E-state index contributed by atoms with van der Waals surface area (Å²) in [5.74, 6) is 0.0574. The first-order valence-corrected chi connectivity index (χ1v) is 9.75. The van der Waals surface area contributed by atoms with E-state index in [-0.39, 0.29) is 11.7 Å². The van der Waals surface area contributed by atoms with Gasteiger partial charge in [-0.2, -0.15) is 0 Å². The molecule has 2 atom stereocenters. The highest BCUT2D eigenvalue weighted by Crippen LogP contribution is 2.23. The summed E-state index contributed by atoms with van der Waals surface area (Å²) in [5.41, 5.74) is 1.53. The van der Waals surface area contributed by atoms with Gasteiger partial charge in [0.1, 0.15) is 5.25 Å². The first-order valence-electron chi connectivity index (χ1n) is 7.61. The van der Waals surface area contributed by atoms with E-state index >= 15 is 0 Å². The SMILES string of the molecule is CCN(C(=O)[C@H](C)[S@@](=O)Cc1ccc(Cl)cc1Cl)c1ccccc1. The Morgan fingerprint density at radius 1 is 1.17 bits per heavy atom. The zero-order valence-electron chi connectivity index (χ0n) is 13.5. The Morgan fingerprint density at radius 2 is 1.83 bits per heavy atom. The largest absolute Gasteiger partial charge is 0.312 e. The number of benzene rings is 2. The molecular weight excluding hydrogens is 365 g/mol. The van der Waals surface area contributed by atoms with E-state index in [2.05, 4.69) is 0 Å². The van der Waals surface area contributed by atoms with E-state index in [1.165, 1.54) is 0 Å². The van der Waals surface area contributed by atoms with Crippen LogP contribution < -0.4 is 4.90 Å². The Morgan fingerprint density at radius 3 is 2.42 bits per heavy atom. The molecule has 2 aromatic rings. The zero-order chi connectivity index (χ0) is 17.7. The Bertz CT molecular complexity index is 737. The van der Waals surface area contributed by atoms with Crippen molar-refractivity contribution in [3.8, 4) is 0 Å². The highest BCUT2D eigenvalue weighted by atomic mass is 35.5. The van der Waals surface area contributed by atoms with Gasteiger partial charge >= 0.3 is 0 Å². The summed E-state index contributed by atoms with van der Waals surface area (Å²) >= 11 is 12.0. The van der Waals surface area contributed by atoms with Gasteiger partial charge in [0.15, 0.2) is 0 Å². The molecule has 0 unspecified atom stereocenters. The van der Waals surface area contributed by atoms with Crippen LogP contribution in [0.1, 0.15) is 19.4 Å². The summed E-state index contributed by atoms with van der Waals surface area (Å²) in [6.45, 7) is 4.11. The topological polar surface area (TPSA) is 37.4 Å². The molecule has 0 saturated carbocycles. The molecule has 0 bridgehead atoms. The van der Waals surface area contributed by atoms with Crippen molar-refractivity contribution in [3.63, 3.8) is 0 Å². The van der Waals surface area contributed by atoms with E-state index in [0.717, 1.165) is 11.3 Å². The first kappa shape index (κ1) is 19.0. The van der Waals surface area contributed by atoms with Crippen molar-refractivity contribution in [1.29, 1.82) is 0 Å².